The highest BCUT2D eigenvalue weighted by atomic mass is 32.2. The number of fused-ring (bicyclic) bond motifs is 1. The highest BCUT2D eigenvalue weighted by molar-refractivity contribution is 7.89. The number of H-pyrrole nitrogens is 1. The summed E-state index contributed by atoms with van der Waals surface area (Å²) in [7, 11) is -0.123. The van der Waals surface area contributed by atoms with Gasteiger partial charge in [-0.05, 0) is 37.0 Å². The summed E-state index contributed by atoms with van der Waals surface area (Å²) in [6, 6.07) is 6.73. The van der Waals surface area contributed by atoms with Gasteiger partial charge in [-0.2, -0.15) is 4.31 Å². The molecule has 1 fully saturated rings. The fraction of sp³-hybridized carbons (Fsp3) is 0.471. The molecule has 0 radical (unpaired) electrons. The highest BCUT2D eigenvalue weighted by Crippen LogP contribution is 2.26. The summed E-state index contributed by atoms with van der Waals surface area (Å²) >= 11 is 0. The fourth-order valence-corrected chi connectivity index (χ4v) is 4.49. The quantitative estimate of drug-likeness (QED) is 0.924. The predicted octanol–water partition coefficient (Wildman–Crippen LogP) is 2.29. The Bertz CT molecular complexity index is 862. The topological polar surface area (TPSA) is 73.5 Å². The zero-order valence-electron chi connectivity index (χ0n) is 14.2. The van der Waals surface area contributed by atoms with Crippen molar-refractivity contribution in [3.05, 3.63) is 30.0 Å². The molecule has 130 valence electrons. The first-order valence-electron chi connectivity index (χ1n) is 8.13. The normalized spacial score (nSPS) is 17.3. The Morgan fingerprint density at radius 1 is 1.21 bits per heavy atom. The standard InChI is InChI=1S/C17H23N3O3S/c1-12-6-8-20(9-7-12)24(22,23)14-5-4-13-10-16(17(21)19(2)3)18-15(13)11-14/h4-5,10-12,18H,6-9H2,1-3H3. The van der Waals surface area contributed by atoms with Gasteiger partial charge < -0.3 is 9.88 Å². The van der Waals surface area contributed by atoms with E-state index in [0.29, 0.717) is 30.2 Å². The van der Waals surface area contributed by atoms with Crippen molar-refractivity contribution < 1.29 is 13.2 Å². The maximum absolute atomic E-state index is 12.8. The smallest absolute Gasteiger partial charge is 0.269 e. The van der Waals surface area contributed by atoms with Crippen molar-refractivity contribution in [1.82, 2.24) is 14.2 Å². The Morgan fingerprint density at radius 2 is 1.88 bits per heavy atom. The highest BCUT2D eigenvalue weighted by Gasteiger charge is 2.28. The van der Waals surface area contributed by atoms with E-state index in [1.807, 2.05) is 0 Å². The fourth-order valence-electron chi connectivity index (χ4n) is 3.00. The lowest BCUT2D eigenvalue weighted by molar-refractivity contribution is 0.0823. The van der Waals surface area contributed by atoms with Gasteiger partial charge in [-0.15, -0.1) is 0 Å². The largest absolute Gasteiger partial charge is 0.350 e. The Morgan fingerprint density at radius 3 is 2.50 bits per heavy atom. The van der Waals surface area contributed by atoms with Gasteiger partial charge in [0.25, 0.3) is 5.91 Å². The molecule has 1 N–H and O–H groups in total. The summed E-state index contributed by atoms with van der Waals surface area (Å²) in [5.74, 6) is 0.433. The molecule has 6 nitrogen and oxygen atoms in total. The molecule has 1 saturated heterocycles. The van der Waals surface area contributed by atoms with Crippen molar-refractivity contribution >= 4 is 26.8 Å². The number of benzene rings is 1. The van der Waals surface area contributed by atoms with Gasteiger partial charge >= 0.3 is 0 Å². The van der Waals surface area contributed by atoms with E-state index >= 15 is 0 Å². The second-order valence-electron chi connectivity index (χ2n) is 6.72. The van der Waals surface area contributed by atoms with Gasteiger partial charge in [-0.3, -0.25) is 4.79 Å². The van der Waals surface area contributed by atoms with E-state index in [9.17, 15) is 13.2 Å². The van der Waals surface area contributed by atoms with Crippen molar-refractivity contribution in [1.29, 1.82) is 0 Å². The van der Waals surface area contributed by atoms with Crippen LogP contribution in [-0.4, -0.2) is 55.7 Å². The van der Waals surface area contributed by atoms with Crippen LogP contribution in [-0.2, 0) is 10.0 Å². The van der Waals surface area contributed by atoms with Crippen LogP contribution in [0.15, 0.2) is 29.2 Å². The third kappa shape index (κ3) is 3.06. The molecule has 2 heterocycles. The average molecular weight is 349 g/mol. The number of nitrogens with zero attached hydrogens (tertiary/aromatic N) is 2. The molecule has 0 saturated carbocycles. The number of aromatic nitrogens is 1. The molecule has 1 aromatic heterocycles. The first kappa shape index (κ1) is 17.0. The average Bonchev–Trinajstić information content (AvgIpc) is 2.97. The number of carbonyl (C=O) groups is 1. The van der Waals surface area contributed by atoms with E-state index in [-0.39, 0.29) is 10.8 Å². The van der Waals surface area contributed by atoms with Gasteiger partial charge in [-0.25, -0.2) is 8.42 Å². The summed E-state index contributed by atoms with van der Waals surface area (Å²) in [6.45, 7) is 3.28. The lowest BCUT2D eigenvalue weighted by Crippen LogP contribution is -2.37. The van der Waals surface area contributed by atoms with Crippen LogP contribution in [0.3, 0.4) is 0 Å². The maximum atomic E-state index is 12.8. The van der Waals surface area contributed by atoms with Crippen LogP contribution >= 0.6 is 0 Å². The first-order chi connectivity index (χ1) is 11.3. The zero-order valence-corrected chi connectivity index (χ0v) is 15.1. The van der Waals surface area contributed by atoms with E-state index in [4.69, 9.17) is 0 Å². The van der Waals surface area contributed by atoms with Crippen molar-refractivity contribution in [2.75, 3.05) is 27.2 Å². The molecule has 2 aromatic rings. The maximum Gasteiger partial charge on any atom is 0.269 e. The molecule has 0 spiro atoms. The molecule has 1 amide bonds. The SMILES string of the molecule is CC1CCN(S(=O)(=O)c2ccc3cc(C(=O)N(C)C)[nH]c3c2)CC1. The van der Waals surface area contributed by atoms with Crippen LogP contribution < -0.4 is 0 Å². The summed E-state index contributed by atoms with van der Waals surface area (Å²) < 4.78 is 27.2. The molecule has 3 rings (SSSR count). The van der Waals surface area contributed by atoms with Gasteiger partial charge in [0, 0.05) is 38.1 Å². The van der Waals surface area contributed by atoms with Crippen molar-refractivity contribution in [3.63, 3.8) is 0 Å². The molecule has 1 aliphatic rings. The second kappa shape index (κ2) is 6.22. The lowest BCUT2D eigenvalue weighted by Gasteiger charge is -2.29. The molecule has 0 aliphatic carbocycles. The number of hydrogen-bond donors (Lipinski definition) is 1. The van der Waals surface area contributed by atoms with Crippen LogP contribution in [0, 0.1) is 5.92 Å². The van der Waals surface area contributed by atoms with E-state index in [0.717, 1.165) is 18.2 Å². The molecule has 0 atom stereocenters. The van der Waals surface area contributed by atoms with Crippen LogP contribution in [0.4, 0.5) is 0 Å². The van der Waals surface area contributed by atoms with Gasteiger partial charge in [0.05, 0.1) is 4.90 Å². The lowest BCUT2D eigenvalue weighted by atomic mass is 10.0. The van der Waals surface area contributed by atoms with Crippen molar-refractivity contribution in [2.24, 2.45) is 5.92 Å². The van der Waals surface area contributed by atoms with Gasteiger partial charge in [-0.1, -0.05) is 13.0 Å². The molecule has 0 bridgehead atoms. The number of nitrogens with one attached hydrogen (secondary N) is 1. The van der Waals surface area contributed by atoms with Crippen molar-refractivity contribution in [3.8, 4) is 0 Å². The summed E-state index contributed by atoms with van der Waals surface area (Å²) in [5, 5.41) is 0.825. The third-order valence-electron chi connectivity index (χ3n) is 4.61. The Hall–Kier alpha value is -1.86. The number of rotatable bonds is 3. The van der Waals surface area contributed by atoms with E-state index in [1.165, 1.54) is 4.90 Å². The molecule has 0 unspecified atom stereocenters. The zero-order chi connectivity index (χ0) is 17.5. The van der Waals surface area contributed by atoms with Crippen LogP contribution in [0.25, 0.3) is 10.9 Å². The van der Waals surface area contributed by atoms with Gasteiger partial charge in [0.1, 0.15) is 5.69 Å². The Kier molecular flexibility index (Phi) is 4.40. The van der Waals surface area contributed by atoms with Gasteiger partial charge in [0.2, 0.25) is 10.0 Å². The monoisotopic (exact) mass is 349 g/mol. The third-order valence-corrected chi connectivity index (χ3v) is 6.51. The molecular formula is C17H23N3O3S. The summed E-state index contributed by atoms with van der Waals surface area (Å²) in [4.78, 5) is 16.8. The van der Waals surface area contributed by atoms with Gasteiger partial charge in [0.15, 0.2) is 0 Å². The van der Waals surface area contributed by atoms with Crippen LogP contribution in [0.1, 0.15) is 30.3 Å². The molecule has 7 heteroatoms. The van der Waals surface area contributed by atoms with Crippen molar-refractivity contribution in [2.45, 2.75) is 24.7 Å². The van der Waals surface area contributed by atoms with E-state index in [1.54, 1.807) is 42.7 Å². The second-order valence-corrected chi connectivity index (χ2v) is 8.66. The Labute approximate surface area is 142 Å². The molecule has 1 aromatic carbocycles. The summed E-state index contributed by atoms with van der Waals surface area (Å²) in [6.07, 6.45) is 1.79. The summed E-state index contributed by atoms with van der Waals surface area (Å²) in [5.41, 5.74) is 1.11. The van der Waals surface area contributed by atoms with E-state index < -0.39 is 10.0 Å². The number of aromatic amines is 1. The number of sulfonamides is 1. The van der Waals surface area contributed by atoms with Crippen LogP contribution in [0.5, 0.6) is 0 Å². The molecule has 24 heavy (non-hydrogen) atoms. The molecule has 1 aliphatic heterocycles. The first-order valence-corrected chi connectivity index (χ1v) is 9.57. The molecular weight excluding hydrogens is 326 g/mol. The number of carbonyl (C=O) groups excluding carboxylic acids is 1. The minimum absolute atomic E-state index is 0.138. The van der Waals surface area contributed by atoms with E-state index in [2.05, 4.69) is 11.9 Å². The Balaban J connectivity index is 1.94. The predicted molar refractivity (Wildman–Crippen MR) is 93.5 cm³/mol. The number of amides is 1. The number of hydrogen-bond acceptors (Lipinski definition) is 3. The minimum Gasteiger partial charge on any atom is -0.350 e. The minimum atomic E-state index is -3.49. The van der Waals surface area contributed by atoms with Crippen LogP contribution in [0.2, 0.25) is 0 Å². The number of piperidine rings is 1.